The van der Waals surface area contributed by atoms with Gasteiger partial charge in [0.05, 0.1) is 5.71 Å². The summed E-state index contributed by atoms with van der Waals surface area (Å²) in [5, 5.41) is 23.1. The number of aromatic hydroxyl groups is 2. The average Bonchev–Trinajstić information content (AvgIpc) is 2.40. The zero-order valence-corrected chi connectivity index (χ0v) is 9.83. The average molecular weight is 243 g/mol. The zero-order valence-electron chi connectivity index (χ0n) is 9.83. The Morgan fingerprint density at radius 3 is 2.78 bits per heavy atom. The maximum absolute atomic E-state index is 9.67. The molecule has 0 radical (unpaired) electrons. The first-order chi connectivity index (χ1) is 8.66. The molecule has 1 aromatic carbocycles. The number of anilines is 1. The summed E-state index contributed by atoms with van der Waals surface area (Å²) in [6.07, 6.45) is 1.65. The Balaban J connectivity index is 2.20. The summed E-state index contributed by atoms with van der Waals surface area (Å²) in [6.45, 7) is 1.73. The topological polar surface area (TPSA) is 77.7 Å². The van der Waals surface area contributed by atoms with Crippen LogP contribution < -0.4 is 5.43 Å². The molecule has 0 spiro atoms. The second kappa shape index (κ2) is 5.18. The lowest BCUT2D eigenvalue weighted by Gasteiger charge is -2.05. The van der Waals surface area contributed by atoms with Crippen LogP contribution in [-0.4, -0.2) is 20.9 Å². The monoisotopic (exact) mass is 243 g/mol. The third kappa shape index (κ3) is 2.76. The highest BCUT2D eigenvalue weighted by molar-refractivity contribution is 6.01. The van der Waals surface area contributed by atoms with E-state index < -0.39 is 0 Å². The fraction of sp³-hybridized carbons (Fsp3) is 0.0769. The van der Waals surface area contributed by atoms with Crippen molar-refractivity contribution in [2.24, 2.45) is 5.10 Å². The zero-order chi connectivity index (χ0) is 13.0. The number of pyridine rings is 1. The van der Waals surface area contributed by atoms with Gasteiger partial charge >= 0.3 is 0 Å². The summed E-state index contributed by atoms with van der Waals surface area (Å²) < 4.78 is 0. The molecule has 5 heteroatoms. The number of hydrogen-bond acceptors (Lipinski definition) is 5. The number of hydrogen-bond donors (Lipinski definition) is 3. The van der Waals surface area contributed by atoms with Crippen LogP contribution in [0.25, 0.3) is 0 Å². The minimum atomic E-state index is 0.0665. The summed E-state index contributed by atoms with van der Waals surface area (Å²) in [5.41, 5.74) is 3.79. The highest BCUT2D eigenvalue weighted by atomic mass is 16.3. The lowest BCUT2D eigenvalue weighted by Crippen LogP contribution is -2.00. The standard InChI is InChI=1S/C13H13N3O2/c1-9(11-8-10(17)5-6-12(11)18)15-16-13-4-2-3-7-14-13/h2-8,17-18H,1H3,(H,14,16)/b15-9+. The first-order valence-corrected chi connectivity index (χ1v) is 5.40. The lowest BCUT2D eigenvalue weighted by atomic mass is 10.1. The van der Waals surface area contributed by atoms with Crippen LogP contribution in [0.4, 0.5) is 5.82 Å². The largest absolute Gasteiger partial charge is 0.508 e. The van der Waals surface area contributed by atoms with Crippen molar-refractivity contribution in [3.05, 3.63) is 48.2 Å². The molecule has 0 unspecified atom stereocenters. The van der Waals surface area contributed by atoms with Crippen LogP contribution in [0.2, 0.25) is 0 Å². The normalized spacial score (nSPS) is 11.3. The van der Waals surface area contributed by atoms with Crippen molar-refractivity contribution in [2.75, 3.05) is 5.43 Å². The van der Waals surface area contributed by atoms with E-state index >= 15 is 0 Å². The molecule has 0 aliphatic carbocycles. The van der Waals surface area contributed by atoms with E-state index in [1.807, 2.05) is 12.1 Å². The second-order valence-corrected chi connectivity index (χ2v) is 3.73. The summed E-state index contributed by atoms with van der Waals surface area (Å²) >= 11 is 0. The molecule has 1 heterocycles. The van der Waals surface area contributed by atoms with Gasteiger partial charge in [-0.1, -0.05) is 6.07 Å². The van der Waals surface area contributed by atoms with Crippen molar-refractivity contribution in [1.29, 1.82) is 0 Å². The Morgan fingerprint density at radius 2 is 2.06 bits per heavy atom. The van der Waals surface area contributed by atoms with Crippen molar-refractivity contribution in [3.63, 3.8) is 0 Å². The quantitative estimate of drug-likeness (QED) is 0.439. The van der Waals surface area contributed by atoms with Gasteiger partial charge in [-0.25, -0.2) is 4.98 Å². The van der Waals surface area contributed by atoms with E-state index in [4.69, 9.17) is 0 Å². The Kier molecular flexibility index (Phi) is 3.43. The number of benzene rings is 1. The summed E-state index contributed by atoms with van der Waals surface area (Å²) in [6, 6.07) is 9.71. The maximum atomic E-state index is 9.67. The van der Waals surface area contributed by atoms with E-state index in [0.717, 1.165) is 0 Å². The molecule has 0 atom stereocenters. The predicted molar refractivity (Wildman–Crippen MR) is 69.8 cm³/mol. The lowest BCUT2D eigenvalue weighted by molar-refractivity contribution is 0.459. The van der Waals surface area contributed by atoms with Gasteiger partial charge in [-0.05, 0) is 37.3 Å². The number of aromatic nitrogens is 1. The van der Waals surface area contributed by atoms with Crippen molar-refractivity contribution >= 4 is 11.5 Å². The van der Waals surface area contributed by atoms with Crippen molar-refractivity contribution in [3.8, 4) is 11.5 Å². The third-order valence-electron chi connectivity index (χ3n) is 2.37. The highest BCUT2D eigenvalue weighted by Crippen LogP contribution is 2.22. The van der Waals surface area contributed by atoms with Crippen LogP contribution in [0.5, 0.6) is 11.5 Å². The van der Waals surface area contributed by atoms with E-state index in [1.54, 1.807) is 19.2 Å². The molecule has 0 amide bonds. The van der Waals surface area contributed by atoms with Gasteiger partial charge in [-0.2, -0.15) is 5.10 Å². The molecule has 1 aromatic heterocycles. The molecule has 5 nitrogen and oxygen atoms in total. The first-order valence-electron chi connectivity index (χ1n) is 5.40. The SMILES string of the molecule is C/C(=N\Nc1ccccn1)c1cc(O)ccc1O. The van der Waals surface area contributed by atoms with Crippen LogP contribution >= 0.6 is 0 Å². The van der Waals surface area contributed by atoms with E-state index in [2.05, 4.69) is 15.5 Å². The first kappa shape index (κ1) is 11.9. The van der Waals surface area contributed by atoms with Gasteiger partial charge in [0.2, 0.25) is 0 Å². The number of phenolic OH excluding ortho intramolecular Hbond substituents is 2. The molecule has 18 heavy (non-hydrogen) atoms. The highest BCUT2D eigenvalue weighted by Gasteiger charge is 2.05. The molecule has 0 saturated heterocycles. The number of nitrogens with one attached hydrogen (secondary N) is 1. The number of rotatable bonds is 3. The molecule has 2 aromatic rings. The van der Waals surface area contributed by atoms with E-state index in [9.17, 15) is 10.2 Å². The van der Waals surface area contributed by atoms with Gasteiger partial charge in [-0.3, -0.25) is 5.43 Å². The molecule has 0 bridgehead atoms. The van der Waals surface area contributed by atoms with E-state index in [-0.39, 0.29) is 11.5 Å². The van der Waals surface area contributed by atoms with Gasteiger partial charge < -0.3 is 10.2 Å². The molecular formula is C13H13N3O2. The van der Waals surface area contributed by atoms with Crippen molar-refractivity contribution in [1.82, 2.24) is 4.98 Å². The molecule has 0 aliphatic rings. The Labute approximate surface area is 104 Å². The van der Waals surface area contributed by atoms with Crippen LogP contribution in [-0.2, 0) is 0 Å². The predicted octanol–water partition coefficient (Wildman–Crippen LogP) is 2.33. The molecule has 0 saturated carbocycles. The van der Waals surface area contributed by atoms with Crippen LogP contribution in [0.3, 0.4) is 0 Å². The van der Waals surface area contributed by atoms with Crippen molar-refractivity contribution < 1.29 is 10.2 Å². The second-order valence-electron chi connectivity index (χ2n) is 3.73. The number of nitrogens with zero attached hydrogens (tertiary/aromatic N) is 2. The Morgan fingerprint density at radius 1 is 1.22 bits per heavy atom. The van der Waals surface area contributed by atoms with Gasteiger partial charge in [0.25, 0.3) is 0 Å². The van der Waals surface area contributed by atoms with Crippen LogP contribution in [0, 0.1) is 0 Å². The smallest absolute Gasteiger partial charge is 0.146 e. The number of phenols is 2. The van der Waals surface area contributed by atoms with E-state index in [1.165, 1.54) is 18.2 Å². The molecular weight excluding hydrogens is 230 g/mol. The minimum Gasteiger partial charge on any atom is -0.508 e. The molecule has 92 valence electrons. The fourth-order valence-corrected chi connectivity index (χ4v) is 1.44. The summed E-state index contributed by atoms with van der Waals surface area (Å²) in [4.78, 5) is 4.05. The molecule has 0 aliphatic heterocycles. The molecule has 3 N–H and O–H groups in total. The van der Waals surface area contributed by atoms with Crippen molar-refractivity contribution in [2.45, 2.75) is 6.92 Å². The minimum absolute atomic E-state index is 0.0665. The Hall–Kier alpha value is -2.56. The summed E-state index contributed by atoms with van der Waals surface area (Å²) in [5.74, 6) is 0.753. The third-order valence-corrected chi connectivity index (χ3v) is 2.37. The Bertz CT molecular complexity index is 568. The van der Waals surface area contributed by atoms with Crippen LogP contribution in [0.15, 0.2) is 47.7 Å². The van der Waals surface area contributed by atoms with E-state index in [0.29, 0.717) is 17.1 Å². The fourth-order valence-electron chi connectivity index (χ4n) is 1.44. The van der Waals surface area contributed by atoms with Gasteiger partial charge in [-0.15, -0.1) is 0 Å². The van der Waals surface area contributed by atoms with Gasteiger partial charge in [0.1, 0.15) is 17.3 Å². The molecule has 2 rings (SSSR count). The van der Waals surface area contributed by atoms with Gasteiger partial charge in [0.15, 0.2) is 0 Å². The van der Waals surface area contributed by atoms with Gasteiger partial charge in [0, 0.05) is 11.8 Å². The molecule has 0 fully saturated rings. The van der Waals surface area contributed by atoms with Crippen LogP contribution in [0.1, 0.15) is 12.5 Å². The maximum Gasteiger partial charge on any atom is 0.146 e. The number of hydrazone groups is 1. The summed E-state index contributed by atoms with van der Waals surface area (Å²) in [7, 11) is 0.